The second-order valence-electron chi connectivity index (χ2n) is 3.17. The van der Waals surface area contributed by atoms with E-state index < -0.39 is 0 Å². The normalized spacial score (nSPS) is 12.7. The molecular weight excluding hydrogens is 211 g/mol. The molecule has 0 aliphatic carbocycles. The summed E-state index contributed by atoms with van der Waals surface area (Å²) in [6.45, 7) is 0. The Kier molecular flexibility index (Phi) is 3.08. The van der Waals surface area contributed by atoms with Gasteiger partial charge in [0.05, 0.1) is 12.2 Å². The molecule has 2 rings (SSSR count). The number of pyridine rings is 1. The van der Waals surface area contributed by atoms with E-state index in [9.17, 15) is 4.39 Å². The average molecular weight is 222 g/mol. The molecule has 0 spiro atoms. The van der Waals surface area contributed by atoms with E-state index in [-0.39, 0.29) is 11.9 Å². The van der Waals surface area contributed by atoms with Crippen molar-refractivity contribution in [3.8, 4) is 0 Å². The average Bonchev–Trinajstić information content (AvgIpc) is 2.72. The van der Waals surface area contributed by atoms with Gasteiger partial charge in [-0.25, -0.2) is 4.39 Å². The van der Waals surface area contributed by atoms with Gasteiger partial charge in [-0.05, 0) is 30.1 Å². The number of rotatable bonds is 3. The first-order valence-electron chi connectivity index (χ1n) is 4.62. The van der Waals surface area contributed by atoms with E-state index >= 15 is 0 Å². The zero-order chi connectivity index (χ0) is 10.7. The summed E-state index contributed by atoms with van der Waals surface area (Å²) in [6, 6.07) is 5.54. The van der Waals surface area contributed by atoms with E-state index in [1.165, 1.54) is 12.3 Å². The van der Waals surface area contributed by atoms with Crippen LogP contribution in [-0.4, -0.2) is 12.0 Å². The minimum Gasteiger partial charge on any atom is -0.309 e. The molecule has 1 unspecified atom stereocenters. The molecule has 0 fully saturated rings. The summed E-state index contributed by atoms with van der Waals surface area (Å²) < 4.78 is 13.0. The zero-order valence-corrected chi connectivity index (χ0v) is 9.09. The van der Waals surface area contributed by atoms with E-state index in [1.807, 2.05) is 24.6 Å². The van der Waals surface area contributed by atoms with Crippen molar-refractivity contribution >= 4 is 11.3 Å². The lowest BCUT2D eigenvalue weighted by molar-refractivity contribution is 0.610. The highest BCUT2D eigenvalue weighted by Crippen LogP contribution is 2.25. The highest BCUT2D eigenvalue weighted by Gasteiger charge is 2.13. The first-order chi connectivity index (χ1) is 7.31. The molecule has 2 aromatic rings. The molecule has 1 atom stereocenters. The van der Waals surface area contributed by atoms with Crippen LogP contribution in [-0.2, 0) is 0 Å². The Balaban J connectivity index is 2.35. The molecule has 78 valence electrons. The summed E-state index contributed by atoms with van der Waals surface area (Å²) in [5, 5.41) is 5.16. The Morgan fingerprint density at radius 3 is 2.93 bits per heavy atom. The Morgan fingerprint density at radius 2 is 2.33 bits per heavy atom. The predicted molar refractivity (Wildman–Crippen MR) is 59.4 cm³/mol. The summed E-state index contributed by atoms with van der Waals surface area (Å²) in [6.07, 6.45) is 2.90. The number of nitrogens with zero attached hydrogens (tertiary/aromatic N) is 1. The third kappa shape index (κ3) is 2.22. The molecule has 2 aromatic heterocycles. The van der Waals surface area contributed by atoms with Crippen LogP contribution >= 0.6 is 11.3 Å². The van der Waals surface area contributed by atoms with Gasteiger partial charge in [0.15, 0.2) is 0 Å². The van der Waals surface area contributed by atoms with Crippen LogP contribution in [0.3, 0.4) is 0 Å². The fourth-order valence-corrected chi connectivity index (χ4v) is 2.38. The summed E-state index contributed by atoms with van der Waals surface area (Å²) in [5.41, 5.74) is 0.847. The first-order valence-corrected chi connectivity index (χ1v) is 5.50. The standard InChI is InChI=1S/C11H11FN2S/c1-13-11(10-3-2-4-15-10)8-5-9(12)7-14-6-8/h2-7,11,13H,1H3. The quantitative estimate of drug-likeness (QED) is 0.863. The van der Waals surface area contributed by atoms with Gasteiger partial charge >= 0.3 is 0 Å². The monoisotopic (exact) mass is 222 g/mol. The van der Waals surface area contributed by atoms with E-state index in [0.29, 0.717) is 0 Å². The fraction of sp³-hybridized carbons (Fsp3) is 0.182. The summed E-state index contributed by atoms with van der Waals surface area (Å²) in [5.74, 6) is -0.302. The van der Waals surface area contributed by atoms with Crippen LogP contribution in [0.25, 0.3) is 0 Å². The number of halogens is 1. The Morgan fingerprint density at radius 1 is 1.47 bits per heavy atom. The topological polar surface area (TPSA) is 24.9 Å². The van der Waals surface area contributed by atoms with Crippen molar-refractivity contribution in [1.82, 2.24) is 10.3 Å². The number of hydrogen-bond acceptors (Lipinski definition) is 3. The molecule has 0 aliphatic rings. The second kappa shape index (κ2) is 4.51. The van der Waals surface area contributed by atoms with Crippen LogP contribution in [0.5, 0.6) is 0 Å². The molecule has 4 heteroatoms. The van der Waals surface area contributed by atoms with Crippen LogP contribution in [0, 0.1) is 5.82 Å². The van der Waals surface area contributed by atoms with Crippen LogP contribution in [0.15, 0.2) is 36.0 Å². The summed E-state index contributed by atoms with van der Waals surface area (Å²) >= 11 is 1.64. The zero-order valence-electron chi connectivity index (χ0n) is 8.27. The highest BCUT2D eigenvalue weighted by atomic mass is 32.1. The van der Waals surface area contributed by atoms with Gasteiger partial charge in [-0.1, -0.05) is 6.07 Å². The Hall–Kier alpha value is -1.26. The van der Waals surface area contributed by atoms with Crippen molar-refractivity contribution in [3.05, 3.63) is 52.2 Å². The van der Waals surface area contributed by atoms with Crippen LogP contribution < -0.4 is 5.32 Å². The van der Waals surface area contributed by atoms with Gasteiger partial charge in [-0.15, -0.1) is 11.3 Å². The van der Waals surface area contributed by atoms with Gasteiger partial charge in [0.1, 0.15) is 5.82 Å². The maximum absolute atomic E-state index is 13.0. The predicted octanol–water partition coefficient (Wildman–Crippen LogP) is 2.59. The van der Waals surface area contributed by atoms with Crippen molar-refractivity contribution in [3.63, 3.8) is 0 Å². The Bertz CT molecular complexity index is 428. The van der Waals surface area contributed by atoms with Gasteiger partial charge in [0.2, 0.25) is 0 Å². The lowest BCUT2D eigenvalue weighted by atomic mass is 10.1. The minimum atomic E-state index is -0.302. The summed E-state index contributed by atoms with van der Waals surface area (Å²) in [4.78, 5) is 5.01. The number of nitrogens with one attached hydrogen (secondary N) is 1. The van der Waals surface area contributed by atoms with Crippen molar-refractivity contribution in [2.24, 2.45) is 0 Å². The third-order valence-electron chi connectivity index (χ3n) is 2.18. The van der Waals surface area contributed by atoms with Gasteiger partial charge < -0.3 is 5.32 Å². The first kappa shape index (κ1) is 10.3. The number of aromatic nitrogens is 1. The molecule has 15 heavy (non-hydrogen) atoms. The van der Waals surface area contributed by atoms with E-state index in [1.54, 1.807) is 17.5 Å². The summed E-state index contributed by atoms with van der Waals surface area (Å²) in [7, 11) is 1.86. The van der Waals surface area contributed by atoms with Crippen molar-refractivity contribution < 1.29 is 4.39 Å². The van der Waals surface area contributed by atoms with E-state index in [2.05, 4.69) is 10.3 Å². The van der Waals surface area contributed by atoms with Gasteiger partial charge in [0.25, 0.3) is 0 Å². The molecule has 0 saturated carbocycles. The van der Waals surface area contributed by atoms with Crippen LogP contribution in [0.4, 0.5) is 4.39 Å². The maximum atomic E-state index is 13.0. The van der Waals surface area contributed by atoms with E-state index in [0.717, 1.165) is 10.4 Å². The molecule has 0 radical (unpaired) electrons. The molecule has 2 heterocycles. The highest BCUT2D eigenvalue weighted by molar-refractivity contribution is 7.10. The maximum Gasteiger partial charge on any atom is 0.141 e. The molecule has 0 amide bonds. The molecule has 0 saturated heterocycles. The van der Waals surface area contributed by atoms with Gasteiger partial charge in [0, 0.05) is 11.1 Å². The lowest BCUT2D eigenvalue weighted by Crippen LogP contribution is -2.16. The number of thiophene rings is 1. The largest absolute Gasteiger partial charge is 0.309 e. The molecule has 0 bridgehead atoms. The SMILES string of the molecule is CNC(c1cncc(F)c1)c1cccs1. The molecule has 0 aromatic carbocycles. The minimum absolute atomic E-state index is 0.0215. The van der Waals surface area contributed by atoms with Crippen molar-refractivity contribution in [2.45, 2.75) is 6.04 Å². The Labute approximate surface area is 91.8 Å². The van der Waals surface area contributed by atoms with Crippen molar-refractivity contribution in [1.29, 1.82) is 0 Å². The van der Waals surface area contributed by atoms with Crippen LogP contribution in [0.2, 0.25) is 0 Å². The molecule has 0 aliphatic heterocycles. The van der Waals surface area contributed by atoms with E-state index in [4.69, 9.17) is 0 Å². The van der Waals surface area contributed by atoms with Gasteiger partial charge in [-0.3, -0.25) is 4.98 Å². The molecule has 2 nitrogen and oxygen atoms in total. The molecular formula is C11H11FN2S. The molecule has 1 N–H and O–H groups in total. The van der Waals surface area contributed by atoms with Crippen LogP contribution in [0.1, 0.15) is 16.5 Å². The smallest absolute Gasteiger partial charge is 0.141 e. The lowest BCUT2D eigenvalue weighted by Gasteiger charge is -2.14. The second-order valence-corrected chi connectivity index (χ2v) is 4.15. The van der Waals surface area contributed by atoms with Gasteiger partial charge in [-0.2, -0.15) is 0 Å². The third-order valence-corrected chi connectivity index (χ3v) is 3.11. The number of hydrogen-bond donors (Lipinski definition) is 1. The van der Waals surface area contributed by atoms with Crippen molar-refractivity contribution in [2.75, 3.05) is 7.05 Å². The fourth-order valence-electron chi connectivity index (χ4n) is 1.51.